The van der Waals surface area contributed by atoms with Gasteiger partial charge in [0.1, 0.15) is 0 Å². The molecule has 1 N–H and O–H groups in total. The number of hydrogen-bond donors (Lipinski definition) is 1. The number of aromatic carboxylic acids is 1. The van der Waals surface area contributed by atoms with E-state index >= 15 is 0 Å². The van der Waals surface area contributed by atoms with Gasteiger partial charge in [0.15, 0.2) is 0 Å². The van der Waals surface area contributed by atoms with Crippen molar-refractivity contribution in [3.8, 4) is 0 Å². The first-order chi connectivity index (χ1) is 8.25. The highest BCUT2D eigenvalue weighted by atomic mass is 16.4. The molecule has 0 spiro atoms. The average molecular weight is 232 g/mol. The van der Waals surface area contributed by atoms with Crippen LogP contribution in [0.3, 0.4) is 0 Å². The molecule has 1 heterocycles. The normalized spacial score (nSPS) is 10.4. The second-order valence-electron chi connectivity index (χ2n) is 3.65. The quantitative estimate of drug-likeness (QED) is 0.852. The molecule has 0 fully saturated rings. The van der Waals surface area contributed by atoms with Crippen molar-refractivity contribution in [1.29, 1.82) is 0 Å². The van der Waals surface area contributed by atoms with Crippen LogP contribution in [0.5, 0.6) is 0 Å². The number of aryl methyl sites for hydroxylation is 2. The molecule has 2 aromatic rings. The van der Waals surface area contributed by atoms with Crippen molar-refractivity contribution in [2.24, 2.45) is 0 Å². The van der Waals surface area contributed by atoms with Crippen LogP contribution >= 0.6 is 0 Å². The van der Waals surface area contributed by atoms with Crippen LogP contribution in [0, 0.1) is 0 Å². The Kier molecular flexibility index (Phi) is 3.49. The monoisotopic (exact) mass is 232 g/mol. The second-order valence-corrected chi connectivity index (χ2v) is 3.65. The molecule has 0 saturated carbocycles. The molecule has 88 valence electrons. The Bertz CT molecular complexity index is 493. The SMILES string of the molecule is O=C(O)c1nnc(CCCc2ccccc2)o1. The second kappa shape index (κ2) is 5.25. The topological polar surface area (TPSA) is 76.2 Å². The highest BCUT2D eigenvalue weighted by molar-refractivity contribution is 5.81. The first kappa shape index (κ1) is 11.3. The maximum absolute atomic E-state index is 10.5. The Balaban J connectivity index is 1.84. The van der Waals surface area contributed by atoms with Crippen LogP contribution in [-0.4, -0.2) is 21.3 Å². The van der Waals surface area contributed by atoms with E-state index in [9.17, 15) is 4.79 Å². The Hall–Kier alpha value is -2.17. The third-order valence-corrected chi connectivity index (χ3v) is 2.35. The predicted molar refractivity (Wildman–Crippen MR) is 59.7 cm³/mol. The molecule has 0 atom stereocenters. The van der Waals surface area contributed by atoms with Gasteiger partial charge in [-0.1, -0.05) is 30.3 Å². The lowest BCUT2D eigenvalue weighted by Crippen LogP contribution is -1.95. The summed E-state index contributed by atoms with van der Waals surface area (Å²) < 4.78 is 4.96. The fourth-order valence-electron chi connectivity index (χ4n) is 1.53. The van der Waals surface area contributed by atoms with Crippen molar-refractivity contribution in [3.63, 3.8) is 0 Å². The van der Waals surface area contributed by atoms with Crippen LogP contribution in [0.1, 0.15) is 28.6 Å². The summed E-state index contributed by atoms with van der Waals surface area (Å²) in [6.45, 7) is 0. The number of benzene rings is 1. The lowest BCUT2D eigenvalue weighted by Gasteiger charge is -1.98. The molecule has 0 aliphatic rings. The van der Waals surface area contributed by atoms with E-state index in [1.54, 1.807) is 0 Å². The van der Waals surface area contributed by atoms with Gasteiger partial charge in [-0.2, -0.15) is 0 Å². The van der Waals surface area contributed by atoms with Crippen LogP contribution in [0.4, 0.5) is 0 Å². The maximum atomic E-state index is 10.5. The van der Waals surface area contributed by atoms with E-state index in [0.717, 1.165) is 12.8 Å². The molecule has 5 nitrogen and oxygen atoms in total. The van der Waals surface area contributed by atoms with Crippen LogP contribution in [0.25, 0.3) is 0 Å². The van der Waals surface area contributed by atoms with Gasteiger partial charge >= 0.3 is 11.9 Å². The molecule has 0 aliphatic heterocycles. The molecule has 1 aromatic carbocycles. The number of carbonyl (C=O) groups is 1. The fraction of sp³-hybridized carbons (Fsp3) is 0.250. The largest absolute Gasteiger partial charge is 0.474 e. The first-order valence-electron chi connectivity index (χ1n) is 5.35. The molecule has 17 heavy (non-hydrogen) atoms. The lowest BCUT2D eigenvalue weighted by molar-refractivity contribution is 0.0651. The zero-order valence-corrected chi connectivity index (χ0v) is 9.17. The summed E-state index contributed by atoms with van der Waals surface area (Å²) in [6, 6.07) is 10.1. The van der Waals surface area contributed by atoms with E-state index in [2.05, 4.69) is 22.3 Å². The van der Waals surface area contributed by atoms with Crippen molar-refractivity contribution in [1.82, 2.24) is 10.2 Å². The summed E-state index contributed by atoms with van der Waals surface area (Å²) in [5.41, 5.74) is 1.24. The van der Waals surface area contributed by atoms with E-state index in [1.165, 1.54) is 5.56 Å². The number of nitrogens with zero attached hydrogens (tertiary/aromatic N) is 2. The van der Waals surface area contributed by atoms with Gasteiger partial charge in [0, 0.05) is 6.42 Å². The zero-order chi connectivity index (χ0) is 12.1. The van der Waals surface area contributed by atoms with Gasteiger partial charge in [-0.05, 0) is 18.4 Å². The van der Waals surface area contributed by atoms with E-state index < -0.39 is 5.97 Å². The van der Waals surface area contributed by atoms with Gasteiger partial charge in [0.2, 0.25) is 5.89 Å². The average Bonchev–Trinajstić information content (AvgIpc) is 2.79. The van der Waals surface area contributed by atoms with Crippen LogP contribution in [0.15, 0.2) is 34.7 Å². The summed E-state index contributed by atoms with van der Waals surface area (Å²) in [7, 11) is 0. The number of carboxylic acids is 1. The summed E-state index contributed by atoms with van der Waals surface area (Å²) in [6.07, 6.45) is 2.35. The summed E-state index contributed by atoms with van der Waals surface area (Å²) in [5, 5.41) is 15.7. The third kappa shape index (κ3) is 3.14. The molecular weight excluding hydrogens is 220 g/mol. The number of rotatable bonds is 5. The summed E-state index contributed by atoms with van der Waals surface area (Å²) in [4.78, 5) is 10.5. The predicted octanol–water partition coefficient (Wildman–Crippen LogP) is 1.94. The molecule has 1 aromatic heterocycles. The first-order valence-corrected chi connectivity index (χ1v) is 5.35. The summed E-state index contributed by atoms with van der Waals surface area (Å²) >= 11 is 0. The van der Waals surface area contributed by atoms with E-state index in [-0.39, 0.29) is 5.89 Å². The van der Waals surface area contributed by atoms with Crippen molar-refractivity contribution in [2.45, 2.75) is 19.3 Å². The van der Waals surface area contributed by atoms with Crippen LogP contribution in [-0.2, 0) is 12.8 Å². The smallest absolute Gasteiger partial charge is 0.393 e. The van der Waals surface area contributed by atoms with Gasteiger partial charge in [-0.15, -0.1) is 10.2 Å². The van der Waals surface area contributed by atoms with Crippen LogP contribution < -0.4 is 0 Å². The van der Waals surface area contributed by atoms with Crippen molar-refractivity contribution in [3.05, 3.63) is 47.7 Å². The number of hydrogen-bond acceptors (Lipinski definition) is 4. The highest BCUT2D eigenvalue weighted by Gasteiger charge is 2.12. The highest BCUT2D eigenvalue weighted by Crippen LogP contribution is 2.07. The van der Waals surface area contributed by atoms with Crippen molar-refractivity contribution in [2.75, 3.05) is 0 Å². The standard InChI is InChI=1S/C12H12N2O3/c15-12(16)11-14-13-10(17-11)8-4-7-9-5-2-1-3-6-9/h1-3,5-6H,4,7-8H2,(H,15,16). The minimum absolute atomic E-state index is 0.347. The zero-order valence-electron chi connectivity index (χ0n) is 9.17. The minimum Gasteiger partial charge on any atom is -0.474 e. The maximum Gasteiger partial charge on any atom is 0.393 e. The Morgan fingerprint density at radius 2 is 1.94 bits per heavy atom. The van der Waals surface area contributed by atoms with Gasteiger partial charge < -0.3 is 9.52 Å². The summed E-state index contributed by atoms with van der Waals surface area (Å²) in [5.74, 6) is -1.16. The number of carboxylic acid groups (broad SMARTS) is 1. The molecule has 0 bridgehead atoms. The fourth-order valence-corrected chi connectivity index (χ4v) is 1.53. The van der Waals surface area contributed by atoms with Gasteiger partial charge in [-0.3, -0.25) is 0 Å². The van der Waals surface area contributed by atoms with Crippen molar-refractivity contribution < 1.29 is 14.3 Å². The molecular formula is C12H12N2O3. The van der Waals surface area contributed by atoms with Crippen molar-refractivity contribution >= 4 is 5.97 Å². The van der Waals surface area contributed by atoms with E-state index in [4.69, 9.17) is 9.52 Å². The van der Waals surface area contributed by atoms with E-state index in [1.807, 2.05) is 18.2 Å². The third-order valence-electron chi connectivity index (χ3n) is 2.35. The van der Waals surface area contributed by atoms with Gasteiger partial charge in [-0.25, -0.2) is 4.79 Å². The Labute approximate surface area is 98.1 Å². The lowest BCUT2D eigenvalue weighted by atomic mass is 10.1. The molecule has 0 amide bonds. The van der Waals surface area contributed by atoms with E-state index in [0.29, 0.717) is 12.3 Å². The Morgan fingerprint density at radius 1 is 1.18 bits per heavy atom. The van der Waals surface area contributed by atoms with Gasteiger partial charge in [0.25, 0.3) is 0 Å². The van der Waals surface area contributed by atoms with Gasteiger partial charge in [0.05, 0.1) is 0 Å². The molecule has 0 unspecified atom stereocenters. The van der Waals surface area contributed by atoms with Crippen LogP contribution in [0.2, 0.25) is 0 Å². The molecule has 5 heteroatoms. The molecule has 0 aliphatic carbocycles. The molecule has 2 rings (SSSR count). The molecule has 0 radical (unpaired) electrons. The minimum atomic E-state index is -1.19. The Morgan fingerprint density at radius 3 is 2.59 bits per heavy atom. The number of aromatic nitrogens is 2. The molecule has 0 saturated heterocycles.